The van der Waals surface area contributed by atoms with Crippen LogP contribution in [0.2, 0.25) is 0 Å². The number of hydrogen-bond donors (Lipinski definition) is 0. The first-order valence-electron chi connectivity index (χ1n) is 8.58. The number of aromatic nitrogens is 2. The number of rotatable bonds is 7. The molecular weight excluding hydrogens is 344 g/mol. The third-order valence-corrected chi connectivity index (χ3v) is 4.07. The predicted octanol–water partition coefficient (Wildman–Crippen LogP) is 3.62. The number of carbonyl (C=O) groups is 2. The molecule has 0 saturated carbocycles. The second kappa shape index (κ2) is 8.31. The van der Waals surface area contributed by atoms with Crippen LogP contribution in [0.1, 0.15) is 33.3 Å². The Kier molecular flexibility index (Phi) is 5.66. The summed E-state index contributed by atoms with van der Waals surface area (Å²) < 4.78 is 12.5. The van der Waals surface area contributed by atoms with Crippen molar-refractivity contribution in [3.05, 3.63) is 77.6 Å². The van der Waals surface area contributed by atoms with Crippen molar-refractivity contribution in [3.8, 4) is 11.4 Å². The number of carbonyl (C=O) groups excluding carboxylic acids is 2. The summed E-state index contributed by atoms with van der Waals surface area (Å²) in [5.41, 5.74) is 2.49. The van der Waals surface area contributed by atoms with Gasteiger partial charge >= 0.3 is 5.97 Å². The Hall–Kier alpha value is -3.41. The Morgan fingerprint density at radius 3 is 2.41 bits per heavy atom. The molecule has 0 saturated heterocycles. The number of para-hydroxylation sites is 2. The minimum Gasteiger partial charge on any atom is -0.489 e. The summed E-state index contributed by atoms with van der Waals surface area (Å²) in [6.07, 6.45) is 1.50. The monoisotopic (exact) mass is 364 g/mol. The predicted molar refractivity (Wildman–Crippen MR) is 101 cm³/mol. The number of esters is 1. The Balaban J connectivity index is 1.58. The highest BCUT2D eigenvalue weighted by Gasteiger charge is 2.16. The summed E-state index contributed by atoms with van der Waals surface area (Å²) in [5, 5.41) is 4.26. The van der Waals surface area contributed by atoms with Gasteiger partial charge in [0.2, 0.25) is 0 Å². The quantitative estimate of drug-likeness (QED) is 0.364. The van der Waals surface area contributed by atoms with Gasteiger partial charge < -0.3 is 9.47 Å². The second-order valence-electron chi connectivity index (χ2n) is 5.93. The summed E-state index contributed by atoms with van der Waals surface area (Å²) in [7, 11) is 0. The molecule has 27 heavy (non-hydrogen) atoms. The summed E-state index contributed by atoms with van der Waals surface area (Å²) in [4.78, 5) is 23.9. The molecular formula is C21H20N2O4. The molecule has 0 amide bonds. The molecule has 0 radical (unpaired) electrons. The van der Waals surface area contributed by atoms with Crippen LogP contribution in [0.3, 0.4) is 0 Å². The topological polar surface area (TPSA) is 70.4 Å². The molecule has 0 aliphatic carbocycles. The maximum absolute atomic E-state index is 12.3. The zero-order chi connectivity index (χ0) is 19.2. The molecule has 0 atom stereocenters. The summed E-state index contributed by atoms with van der Waals surface area (Å²) >= 11 is 0. The van der Waals surface area contributed by atoms with Crippen molar-refractivity contribution in [2.45, 2.75) is 13.8 Å². The van der Waals surface area contributed by atoms with E-state index in [1.807, 2.05) is 37.3 Å². The fourth-order valence-corrected chi connectivity index (χ4v) is 2.69. The van der Waals surface area contributed by atoms with Crippen LogP contribution >= 0.6 is 0 Å². The first-order valence-corrected chi connectivity index (χ1v) is 8.58. The molecule has 0 unspecified atom stereocenters. The van der Waals surface area contributed by atoms with Crippen LogP contribution in [0.15, 0.2) is 60.8 Å². The zero-order valence-corrected chi connectivity index (χ0v) is 15.2. The summed E-state index contributed by atoms with van der Waals surface area (Å²) in [6, 6.07) is 16.5. The van der Waals surface area contributed by atoms with Crippen molar-refractivity contribution in [2.24, 2.45) is 0 Å². The Labute approximate surface area is 157 Å². The van der Waals surface area contributed by atoms with Gasteiger partial charge in [-0.05, 0) is 38.1 Å². The van der Waals surface area contributed by atoms with Crippen molar-refractivity contribution < 1.29 is 19.1 Å². The van der Waals surface area contributed by atoms with Crippen LogP contribution in [0.5, 0.6) is 5.75 Å². The van der Waals surface area contributed by atoms with Gasteiger partial charge in [-0.1, -0.05) is 30.3 Å². The molecule has 0 aliphatic rings. The molecule has 1 aromatic heterocycles. The number of hydrogen-bond acceptors (Lipinski definition) is 5. The van der Waals surface area contributed by atoms with Gasteiger partial charge in [0.05, 0.1) is 23.1 Å². The number of ether oxygens (including phenoxy) is 2. The van der Waals surface area contributed by atoms with Gasteiger partial charge in [0.25, 0.3) is 0 Å². The third kappa shape index (κ3) is 4.23. The lowest BCUT2D eigenvalue weighted by Gasteiger charge is -2.10. The van der Waals surface area contributed by atoms with Crippen molar-refractivity contribution in [3.63, 3.8) is 0 Å². The summed E-state index contributed by atoms with van der Waals surface area (Å²) in [5.74, 6) is -0.0567. The van der Waals surface area contributed by atoms with Crippen molar-refractivity contribution in [1.82, 2.24) is 9.78 Å². The number of ketones is 1. The highest BCUT2D eigenvalue weighted by molar-refractivity contribution is 5.96. The minimum atomic E-state index is -0.460. The molecule has 0 bridgehead atoms. The lowest BCUT2D eigenvalue weighted by molar-refractivity contribution is 0.0448. The van der Waals surface area contributed by atoms with Crippen LogP contribution in [0.4, 0.5) is 0 Å². The van der Waals surface area contributed by atoms with E-state index in [-0.39, 0.29) is 19.0 Å². The van der Waals surface area contributed by atoms with Gasteiger partial charge in [-0.25, -0.2) is 9.48 Å². The average Bonchev–Trinajstić information content (AvgIpc) is 3.07. The molecule has 0 N–H and O–H groups in total. The van der Waals surface area contributed by atoms with Gasteiger partial charge in [-0.2, -0.15) is 5.10 Å². The van der Waals surface area contributed by atoms with Crippen LogP contribution in [-0.2, 0) is 4.74 Å². The molecule has 0 fully saturated rings. The van der Waals surface area contributed by atoms with Crippen LogP contribution in [0.25, 0.3) is 5.69 Å². The van der Waals surface area contributed by atoms with E-state index in [2.05, 4.69) is 5.10 Å². The van der Waals surface area contributed by atoms with Crippen LogP contribution in [-0.4, -0.2) is 34.7 Å². The maximum atomic E-state index is 12.3. The van der Waals surface area contributed by atoms with E-state index in [0.717, 1.165) is 5.69 Å². The molecule has 2 aromatic carbocycles. The first kappa shape index (κ1) is 18.4. The molecule has 1 heterocycles. The van der Waals surface area contributed by atoms with Crippen molar-refractivity contribution in [2.75, 3.05) is 13.2 Å². The highest BCUT2D eigenvalue weighted by Crippen LogP contribution is 2.18. The van der Waals surface area contributed by atoms with E-state index in [0.29, 0.717) is 22.6 Å². The third-order valence-electron chi connectivity index (χ3n) is 4.07. The fourth-order valence-electron chi connectivity index (χ4n) is 2.69. The Bertz CT molecular complexity index is 948. The maximum Gasteiger partial charge on any atom is 0.341 e. The first-order chi connectivity index (χ1) is 13.1. The van der Waals surface area contributed by atoms with E-state index in [9.17, 15) is 9.59 Å². The van der Waals surface area contributed by atoms with E-state index in [1.54, 1.807) is 28.9 Å². The average molecular weight is 364 g/mol. The van der Waals surface area contributed by atoms with Crippen molar-refractivity contribution >= 4 is 11.8 Å². The van der Waals surface area contributed by atoms with Gasteiger partial charge in [0.15, 0.2) is 5.78 Å². The minimum absolute atomic E-state index is 0.0705. The Morgan fingerprint density at radius 1 is 0.963 bits per heavy atom. The SMILES string of the molecule is CC(=O)c1ccccc1OCCOC(=O)c1cnn(-c2ccccc2)c1C. The van der Waals surface area contributed by atoms with Gasteiger partial charge in [-0.3, -0.25) is 4.79 Å². The normalized spacial score (nSPS) is 10.4. The highest BCUT2D eigenvalue weighted by atomic mass is 16.6. The van der Waals surface area contributed by atoms with E-state index < -0.39 is 5.97 Å². The largest absolute Gasteiger partial charge is 0.489 e. The Morgan fingerprint density at radius 2 is 1.67 bits per heavy atom. The van der Waals surface area contributed by atoms with Gasteiger partial charge in [-0.15, -0.1) is 0 Å². The molecule has 0 spiro atoms. The number of benzene rings is 2. The molecule has 6 nitrogen and oxygen atoms in total. The number of Topliss-reactive ketones (excluding diaryl/α,β-unsaturated/α-hetero) is 1. The van der Waals surface area contributed by atoms with Gasteiger partial charge in [0, 0.05) is 0 Å². The fraction of sp³-hybridized carbons (Fsp3) is 0.190. The van der Waals surface area contributed by atoms with Crippen LogP contribution in [0, 0.1) is 6.92 Å². The van der Waals surface area contributed by atoms with E-state index >= 15 is 0 Å². The number of nitrogens with zero attached hydrogens (tertiary/aromatic N) is 2. The molecule has 6 heteroatoms. The lowest BCUT2D eigenvalue weighted by Crippen LogP contribution is -2.14. The lowest BCUT2D eigenvalue weighted by atomic mass is 10.1. The van der Waals surface area contributed by atoms with E-state index in [4.69, 9.17) is 9.47 Å². The van der Waals surface area contributed by atoms with Crippen LogP contribution < -0.4 is 4.74 Å². The van der Waals surface area contributed by atoms with Gasteiger partial charge in [0.1, 0.15) is 24.5 Å². The smallest absolute Gasteiger partial charge is 0.341 e. The van der Waals surface area contributed by atoms with Crippen molar-refractivity contribution in [1.29, 1.82) is 0 Å². The van der Waals surface area contributed by atoms with E-state index in [1.165, 1.54) is 13.1 Å². The molecule has 3 rings (SSSR count). The molecule has 3 aromatic rings. The second-order valence-corrected chi connectivity index (χ2v) is 5.93. The summed E-state index contributed by atoms with van der Waals surface area (Å²) in [6.45, 7) is 3.52. The standard InChI is InChI=1S/C21H20N2O4/c1-15-19(14-22-23(15)17-8-4-3-5-9-17)21(25)27-13-12-26-20-11-7-6-10-18(20)16(2)24/h3-11,14H,12-13H2,1-2H3. The molecule has 0 aliphatic heterocycles. The molecule has 138 valence electrons. The zero-order valence-electron chi connectivity index (χ0n) is 15.2.